The minimum absolute atomic E-state index is 0.00811. The largest absolute Gasteiger partial charge is 0.481 e. The van der Waals surface area contributed by atoms with E-state index in [0.29, 0.717) is 6.04 Å². The molecule has 0 aromatic rings. The number of carboxylic acids is 1. The zero-order chi connectivity index (χ0) is 14.7. The Bertz CT molecular complexity index is 373. The maximum Gasteiger partial charge on any atom is 0.317 e. The smallest absolute Gasteiger partial charge is 0.317 e. The van der Waals surface area contributed by atoms with E-state index in [-0.39, 0.29) is 31.1 Å². The normalized spacial score (nSPS) is 25.8. The third-order valence-corrected chi connectivity index (χ3v) is 4.37. The van der Waals surface area contributed by atoms with Gasteiger partial charge in [-0.15, -0.1) is 0 Å². The van der Waals surface area contributed by atoms with Crippen LogP contribution in [0.15, 0.2) is 0 Å². The number of hydrogen-bond donors (Lipinski definition) is 2. The predicted molar refractivity (Wildman–Crippen MR) is 75.6 cm³/mol. The van der Waals surface area contributed by atoms with Gasteiger partial charge in [0.2, 0.25) is 0 Å². The zero-order valence-electron chi connectivity index (χ0n) is 12.3. The Morgan fingerprint density at radius 2 is 2.10 bits per heavy atom. The number of hydrogen-bond acceptors (Lipinski definition) is 3. The number of nitrogens with zero attached hydrogens (tertiary/aromatic N) is 2. The van der Waals surface area contributed by atoms with Crippen LogP contribution < -0.4 is 5.32 Å². The topological polar surface area (TPSA) is 72.9 Å². The third-order valence-electron chi connectivity index (χ3n) is 4.37. The lowest BCUT2D eigenvalue weighted by atomic mass is 10.1. The molecule has 2 aliphatic heterocycles. The highest BCUT2D eigenvalue weighted by molar-refractivity contribution is 5.76. The van der Waals surface area contributed by atoms with Crippen molar-refractivity contribution in [2.45, 2.75) is 57.7 Å². The molecule has 0 aliphatic carbocycles. The average Bonchev–Trinajstić information content (AvgIpc) is 2.93. The number of amides is 2. The zero-order valence-corrected chi connectivity index (χ0v) is 12.3. The lowest BCUT2D eigenvalue weighted by molar-refractivity contribution is -0.137. The van der Waals surface area contributed by atoms with Crippen LogP contribution in [0.2, 0.25) is 0 Å². The fourth-order valence-corrected chi connectivity index (χ4v) is 3.30. The fourth-order valence-electron chi connectivity index (χ4n) is 3.30. The molecular formula is C14H25N3O3. The number of nitrogens with one attached hydrogen (secondary N) is 1. The van der Waals surface area contributed by atoms with Crippen LogP contribution in [0.3, 0.4) is 0 Å². The summed E-state index contributed by atoms with van der Waals surface area (Å²) in [6.45, 7) is 6.30. The lowest BCUT2D eigenvalue weighted by Crippen LogP contribution is -2.51. The molecule has 2 N–H and O–H groups in total. The van der Waals surface area contributed by atoms with Crippen molar-refractivity contribution in [1.29, 1.82) is 0 Å². The van der Waals surface area contributed by atoms with Crippen LogP contribution in [0.1, 0.15) is 39.5 Å². The number of fused-ring (bicyclic) bond motifs is 1. The number of carbonyl (C=O) groups excluding carboxylic acids is 1. The molecule has 2 aliphatic rings. The third kappa shape index (κ3) is 3.42. The highest BCUT2D eigenvalue weighted by Gasteiger charge is 2.38. The summed E-state index contributed by atoms with van der Waals surface area (Å²) in [5.41, 5.74) is 0. The molecule has 6 heteroatoms. The van der Waals surface area contributed by atoms with Crippen LogP contribution in [-0.2, 0) is 4.79 Å². The molecule has 114 valence electrons. The Morgan fingerprint density at radius 3 is 2.75 bits per heavy atom. The van der Waals surface area contributed by atoms with Crippen molar-refractivity contribution in [1.82, 2.24) is 15.1 Å². The van der Waals surface area contributed by atoms with Crippen molar-refractivity contribution in [2.24, 2.45) is 0 Å². The molecule has 2 unspecified atom stereocenters. The molecule has 0 aromatic carbocycles. The van der Waals surface area contributed by atoms with Gasteiger partial charge < -0.3 is 15.3 Å². The second-order valence-corrected chi connectivity index (χ2v) is 6.02. The van der Waals surface area contributed by atoms with E-state index in [4.69, 9.17) is 5.11 Å². The van der Waals surface area contributed by atoms with Crippen molar-refractivity contribution >= 4 is 12.0 Å². The molecule has 0 spiro atoms. The molecule has 0 aromatic heterocycles. The van der Waals surface area contributed by atoms with Gasteiger partial charge in [0.25, 0.3) is 0 Å². The van der Waals surface area contributed by atoms with Gasteiger partial charge in [0, 0.05) is 31.2 Å². The van der Waals surface area contributed by atoms with E-state index in [1.165, 1.54) is 6.42 Å². The van der Waals surface area contributed by atoms with Crippen molar-refractivity contribution in [3.8, 4) is 0 Å². The summed E-state index contributed by atoms with van der Waals surface area (Å²) in [5, 5.41) is 11.9. The van der Waals surface area contributed by atoms with Gasteiger partial charge in [-0.3, -0.25) is 9.69 Å². The first-order valence-electron chi connectivity index (χ1n) is 7.52. The van der Waals surface area contributed by atoms with Gasteiger partial charge in [0.1, 0.15) is 0 Å². The summed E-state index contributed by atoms with van der Waals surface area (Å²) in [5.74, 6) is -0.869. The van der Waals surface area contributed by atoms with E-state index < -0.39 is 5.97 Å². The van der Waals surface area contributed by atoms with Crippen LogP contribution in [0, 0.1) is 0 Å². The van der Waals surface area contributed by atoms with E-state index in [1.807, 2.05) is 13.8 Å². The summed E-state index contributed by atoms with van der Waals surface area (Å²) >= 11 is 0. The van der Waals surface area contributed by atoms with Crippen LogP contribution in [0.5, 0.6) is 0 Å². The molecule has 2 heterocycles. The van der Waals surface area contributed by atoms with E-state index in [9.17, 15) is 9.59 Å². The van der Waals surface area contributed by atoms with Crippen molar-refractivity contribution < 1.29 is 14.7 Å². The number of carbonyl (C=O) groups is 2. The molecule has 2 amide bonds. The number of carboxylic acid groups (broad SMARTS) is 1. The second-order valence-electron chi connectivity index (χ2n) is 6.02. The molecule has 0 saturated carbocycles. The van der Waals surface area contributed by atoms with Crippen molar-refractivity contribution in [3.63, 3.8) is 0 Å². The van der Waals surface area contributed by atoms with Crippen LogP contribution in [0.25, 0.3) is 0 Å². The molecule has 2 atom stereocenters. The van der Waals surface area contributed by atoms with E-state index >= 15 is 0 Å². The minimum Gasteiger partial charge on any atom is -0.481 e. The Kier molecular flexibility index (Phi) is 4.86. The SMILES string of the molecule is CC(C)N(CCC(=O)O)C(=O)NC1CCN2CCCC12. The maximum atomic E-state index is 12.3. The Morgan fingerprint density at radius 1 is 1.35 bits per heavy atom. The molecule has 2 saturated heterocycles. The highest BCUT2D eigenvalue weighted by atomic mass is 16.4. The molecule has 6 nitrogen and oxygen atoms in total. The van der Waals surface area contributed by atoms with Gasteiger partial charge in [0.05, 0.1) is 6.42 Å². The predicted octanol–water partition coefficient (Wildman–Crippen LogP) is 1.12. The molecule has 0 radical (unpaired) electrons. The van der Waals surface area contributed by atoms with E-state index in [1.54, 1.807) is 4.90 Å². The lowest BCUT2D eigenvalue weighted by Gasteiger charge is -2.29. The molecule has 2 fully saturated rings. The average molecular weight is 283 g/mol. The van der Waals surface area contributed by atoms with E-state index in [0.717, 1.165) is 25.9 Å². The van der Waals surface area contributed by atoms with E-state index in [2.05, 4.69) is 10.2 Å². The quantitative estimate of drug-likeness (QED) is 0.793. The van der Waals surface area contributed by atoms with Gasteiger partial charge in [-0.05, 0) is 39.7 Å². The van der Waals surface area contributed by atoms with Gasteiger partial charge in [0.15, 0.2) is 0 Å². The summed E-state index contributed by atoms with van der Waals surface area (Å²) in [6.07, 6.45) is 3.36. The second kappa shape index (κ2) is 6.43. The highest BCUT2D eigenvalue weighted by Crippen LogP contribution is 2.28. The molecule has 20 heavy (non-hydrogen) atoms. The summed E-state index contributed by atoms with van der Waals surface area (Å²) in [4.78, 5) is 27.1. The van der Waals surface area contributed by atoms with Crippen molar-refractivity contribution in [2.75, 3.05) is 19.6 Å². The Balaban J connectivity index is 1.89. The van der Waals surface area contributed by atoms with Crippen LogP contribution >= 0.6 is 0 Å². The van der Waals surface area contributed by atoms with Gasteiger partial charge in [-0.1, -0.05) is 0 Å². The van der Waals surface area contributed by atoms with Gasteiger partial charge in [-0.2, -0.15) is 0 Å². The van der Waals surface area contributed by atoms with Crippen LogP contribution in [0.4, 0.5) is 4.79 Å². The first-order valence-corrected chi connectivity index (χ1v) is 7.52. The number of aliphatic carboxylic acids is 1. The maximum absolute atomic E-state index is 12.3. The van der Waals surface area contributed by atoms with Gasteiger partial charge >= 0.3 is 12.0 Å². The molecule has 2 rings (SSSR count). The fraction of sp³-hybridized carbons (Fsp3) is 0.857. The Hall–Kier alpha value is -1.30. The summed E-state index contributed by atoms with van der Waals surface area (Å²) in [7, 11) is 0. The first kappa shape index (κ1) is 15.1. The summed E-state index contributed by atoms with van der Waals surface area (Å²) < 4.78 is 0. The molecule has 0 bridgehead atoms. The van der Waals surface area contributed by atoms with Gasteiger partial charge in [-0.25, -0.2) is 4.79 Å². The monoisotopic (exact) mass is 283 g/mol. The minimum atomic E-state index is -0.869. The standard InChI is InChI=1S/C14H25N3O3/c1-10(2)17(9-6-13(18)19)14(20)15-11-5-8-16-7-3-4-12(11)16/h10-12H,3-9H2,1-2H3,(H,15,20)(H,18,19). The first-order chi connectivity index (χ1) is 9.49. The number of urea groups is 1. The van der Waals surface area contributed by atoms with Crippen LogP contribution in [-0.4, -0.2) is 64.7 Å². The summed E-state index contributed by atoms with van der Waals surface area (Å²) in [6, 6.07) is 0.582. The Labute approximate surface area is 120 Å². The number of rotatable bonds is 5. The molecular weight excluding hydrogens is 258 g/mol. The van der Waals surface area contributed by atoms with Crippen molar-refractivity contribution in [3.05, 3.63) is 0 Å².